The fraction of sp³-hybridized carbons (Fsp3) is 0.357. The molecule has 3 rings (SSSR count). The lowest BCUT2D eigenvalue weighted by Crippen LogP contribution is -2.24. The summed E-state index contributed by atoms with van der Waals surface area (Å²) < 4.78 is 0. The normalized spacial score (nSPS) is 16.9. The van der Waals surface area contributed by atoms with Gasteiger partial charge in [0.25, 0.3) is 0 Å². The predicted octanol–water partition coefficient (Wildman–Crippen LogP) is 3.15. The fourth-order valence-electron chi connectivity index (χ4n) is 2.13. The van der Waals surface area contributed by atoms with E-state index in [0.29, 0.717) is 5.13 Å². The number of fused-ring (bicyclic) bond motifs is 1. The largest absolute Gasteiger partial charge is 0.300 e. The summed E-state index contributed by atoms with van der Waals surface area (Å²) in [5.74, 6) is 0.0189. The molecule has 0 saturated heterocycles. The molecule has 1 unspecified atom stereocenters. The van der Waals surface area contributed by atoms with Crippen molar-refractivity contribution in [3.63, 3.8) is 0 Å². The molecule has 0 aliphatic carbocycles. The van der Waals surface area contributed by atoms with E-state index in [4.69, 9.17) is 0 Å². The zero-order valence-corrected chi connectivity index (χ0v) is 12.8. The van der Waals surface area contributed by atoms with Gasteiger partial charge in [-0.05, 0) is 24.5 Å². The Labute approximate surface area is 126 Å². The molecule has 1 aliphatic rings. The molecule has 1 atom stereocenters. The molecule has 1 aromatic carbocycles. The van der Waals surface area contributed by atoms with Crippen LogP contribution in [0.25, 0.3) is 0 Å². The highest BCUT2D eigenvalue weighted by atomic mass is 32.2. The van der Waals surface area contributed by atoms with Crippen LogP contribution in [0.2, 0.25) is 0 Å². The molecule has 0 radical (unpaired) electrons. The summed E-state index contributed by atoms with van der Waals surface area (Å²) in [6.45, 7) is 2.10. The van der Waals surface area contributed by atoms with Crippen LogP contribution in [-0.4, -0.2) is 21.4 Å². The third-order valence-electron chi connectivity index (χ3n) is 3.10. The molecule has 1 aliphatic heterocycles. The molecule has 2 heterocycles. The van der Waals surface area contributed by atoms with Crippen molar-refractivity contribution < 1.29 is 4.79 Å². The molecular formula is C14H15N3OS2. The van der Waals surface area contributed by atoms with Gasteiger partial charge in [0.1, 0.15) is 5.01 Å². The maximum Gasteiger partial charge on any atom is 0.240 e. The number of benzene rings is 1. The zero-order valence-electron chi connectivity index (χ0n) is 11.1. The van der Waals surface area contributed by atoms with E-state index in [9.17, 15) is 4.79 Å². The molecule has 1 aromatic heterocycles. The van der Waals surface area contributed by atoms with Gasteiger partial charge in [0, 0.05) is 11.3 Å². The number of rotatable bonds is 4. The highest BCUT2D eigenvalue weighted by Gasteiger charge is 2.28. The van der Waals surface area contributed by atoms with Gasteiger partial charge in [-0.25, -0.2) is 0 Å². The summed E-state index contributed by atoms with van der Waals surface area (Å²) in [4.78, 5) is 13.5. The van der Waals surface area contributed by atoms with E-state index in [1.165, 1.54) is 21.8 Å². The predicted molar refractivity (Wildman–Crippen MR) is 82.3 cm³/mol. The minimum atomic E-state index is -0.0640. The third kappa shape index (κ3) is 2.86. The smallest absolute Gasteiger partial charge is 0.240 e. The number of hydrogen-bond acceptors (Lipinski definition) is 5. The average molecular weight is 305 g/mol. The summed E-state index contributed by atoms with van der Waals surface area (Å²) in [5, 5.41) is 12.5. The lowest BCUT2D eigenvalue weighted by Gasteiger charge is -2.06. The van der Waals surface area contributed by atoms with Crippen LogP contribution in [0.4, 0.5) is 5.13 Å². The lowest BCUT2D eigenvalue weighted by atomic mass is 10.1. The van der Waals surface area contributed by atoms with Crippen LogP contribution >= 0.6 is 23.1 Å². The first-order valence-electron chi connectivity index (χ1n) is 6.64. The Morgan fingerprint density at radius 2 is 2.25 bits per heavy atom. The number of carbonyl (C=O) groups excluding carboxylic acids is 1. The number of carbonyl (C=O) groups is 1. The van der Waals surface area contributed by atoms with E-state index < -0.39 is 0 Å². The van der Waals surface area contributed by atoms with Crippen molar-refractivity contribution >= 4 is 34.1 Å². The molecule has 0 bridgehead atoms. The molecule has 1 N–H and O–H groups in total. The molecule has 1 amide bonds. The number of hydrogen-bond donors (Lipinski definition) is 1. The Bertz CT molecular complexity index is 601. The van der Waals surface area contributed by atoms with Crippen LogP contribution < -0.4 is 5.32 Å². The average Bonchev–Trinajstić information content (AvgIpc) is 3.05. The molecule has 0 fully saturated rings. The van der Waals surface area contributed by atoms with Gasteiger partial charge in [-0.2, -0.15) is 0 Å². The van der Waals surface area contributed by atoms with E-state index in [-0.39, 0.29) is 11.2 Å². The second-order valence-electron chi connectivity index (χ2n) is 4.66. The third-order valence-corrected chi connectivity index (χ3v) is 5.32. The summed E-state index contributed by atoms with van der Waals surface area (Å²) in [6, 6.07) is 8.17. The van der Waals surface area contributed by atoms with Crippen LogP contribution in [0.1, 0.15) is 23.9 Å². The number of aryl methyl sites for hydroxylation is 1. The van der Waals surface area contributed by atoms with Gasteiger partial charge in [-0.15, -0.1) is 22.0 Å². The highest BCUT2D eigenvalue weighted by molar-refractivity contribution is 8.01. The Kier molecular flexibility index (Phi) is 4.03. The van der Waals surface area contributed by atoms with E-state index in [1.807, 2.05) is 12.1 Å². The Hall–Kier alpha value is -1.40. The molecule has 6 heteroatoms. The molecule has 0 spiro atoms. The van der Waals surface area contributed by atoms with Crippen LogP contribution in [0, 0.1) is 0 Å². The minimum absolute atomic E-state index is 0.0189. The number of nitrogens with zero attached hydrogens (tertiary/aromatic N) is 2. The van der Waals surface area contributed by atoms with Crippen molar-refractivity contribution in [3.8, 4) is 0 Å². The number of anilines is 1. The van der Waals surface area contributed by atoms with E-state index in [2.05, 4.69) is 34.6 Å². The zero-order chi connectivity index (χ0) is 13.9. The summed E-state index contributed by atoms with van der Waals surface area (Å²) >= 11 is 3.09. The monoisotopic (exact) mass is 305 g/mol. The Morgan fingerprint density at radius 1 is 1.40 bits per heavy atom. The van der Waals surface area contributed by atoms with Crippen molar-refractivity contribution in [1.29, 1.82) is 0 Å². The summed E-state index contributed by atoms with van der Waals surface area (Å²) in [7, 11) is 0. The maximum absolute atomic E-state index is 12.3. The number of aromatic nitrogens is 2. The van der Waals surface area contributed by atoms with Gasteiger partial charge in [0.15, 0.2) is 0 Å². The molecule has 20 heavy (non-hydrogen) atoms. The molecule has 2 aromatic rings. The van der Waals surface area contributed by atoms with Crippen molar-refractivity contribution in [2.24, 2.45) is 0 Å². The van der Waals surface area contributed by atoms with E-state index in [1.54, 1.807) is 11.8 Å². The van der Waals surface area contributed by atoms with Crippen molar-refractivity contribution in [1.82, 2.24) is 10.2 Å². The molecule has 104 valence electrons. The highest BCUT2D eigenvalue weighted by Crippen LogP contribution is 2.37. The van der Waals surface area contributed by atoms with E-state index >= 15 is 0 Å². The quantitative estimate of drug-likeness (QED) is 0.943. The minimum Gasteiger partial charge on any atom is -0.300 e. The Morgan fingerprint density at radius 3 is 3.05 bits per heavy atom. The summed E-state index contributed by atoms with van der Waals surface area (Å²) in [5.41, 5.74) is 1.25. The van der Waals surface area contributed by atoms with Gasteiger partial charge >= 0.3 is 0 Å². The van der Waals surface area contributed by atoms with Crippen molar-refractivity contribution in [2.75, 3.05) is 5.32 Å². The van der Waals surface area contributed by atoms with Gasteiger partial charge in [0.05, 0.1) is 5.25 Å². The Balaban J connectivity index is 1.63. The van der Waals surface area contributed by atoms with Gasteiger partial charge < -0.3 is 0 Å². The lowest BCUT2D eigenvalue weighted by molar-refractivity contribution is -0.115. The van der Waals surface area contributed by atoms with Crippen molar-refractivity contribution in [2.45, 2.75) is 36.3 Å². The second-order valence-corrected chi connectivity index (χ2v) is 6.97. The fourth-order valence-corrected chi connectivity index (χ4v) is 4.17. The topological polar surface area (TPSA) is 54.9 Å². The van der Waals surface area contributed by atoms with E-state index in [0.717, 1.165) is 24.3 Å². The van der Waals surface area contributed by atoms with Gasteiger partial charge in [-0.3, -0.25) is 10.1 Å². The van der Waals surface area contributed by atoms with Crippen LogP contribution in [0.5, 0.6) is 0 Å². The van der Waals surface area contributed by atoms with Crippen LogP contribution in [0.15, 0.2) is 29.2 Å². The maximum atomic E-state index is 12.3. The number of nitrogens with one attached hydrogen (secondary N) is 1. The number of amides is 1. The van der Waals surface area contributed by atoms with Crippen LogP contribution in [-0.2, 0) is 17.6 Å². The molecular weight excluding hydrogens is 290 g/mol. The first-order valence-corrected chi connectivity index (χ1v) is 8.33. The van der Waals surface area contributed by atoms with Gasteiger partial charge in [0.2, 0.25) is 11.0 Å². The summed E-state index contributed by atoms with van der Waals surface area (Å²) in [6.07, 6.45) is 2.74. The molecule has 4 nitrogen and oxygen atoms in total. The SMILES string of the molecule is CCCc1nnc(NC(=O)C2Cc3ccccc3S2)s1. The standard InChI is InChI=1S/C14H15N3OS2/c1-2-5-12-16-17-14(20-12)15-13(18)11-8-9-6-3-4-7-10(9)19-11/h3-4,6-7,11H,2,5,8H2,1H3,(H,15,17,18). The van der Waals surface area contributed by atoms with Crippen LogP contribution in [0.3, 0.4) is 0 Å². The number of thioether (sulfide) groups is 1. The van der Waals surface area contributed by atoms with Gasteiger partial charge in [-0.1, -0.05) is 36.5 Å². The second kappa shape index (κ2) is 5.93. The molecule has 0 saturated carbocycles. The first kappa shape index (κ1) is 13.6. The first-order chi connectivity index (χ1) is 9.76. The van der Waals surface area contributed by atoms with Crippen molar-refractivity contribution in [3.05, 3.63) is 34.8 Å².